The number of alkyl carbamates (subject to hydrolysis) is 2. The van der Waals surface area contributed by atoms with Crippen molar-refractivity contribution in [1.82, 2.24) is 20.4 Å². The van der Waals surface area contributed by atoms with Crippen LogP contribution in [0.15, 0.2) is 48.6 Å². The third-order valence-corrected chi connectivity index (χ3v) is 14.2. The molecule has 79 heavy (non-hydrogen) atoms. The van der Waals surface area contributed by atoms with Gasteiger partial charge in [0.15, 0.2) is 0 Å². The highest BCUT2D eigenvalue weighted by molar-refractivity contribution is 6.02. The fourth-order valence-electron chi connectivity index (χ4n) is 10.8. The van der Waals surface area contributed by atoms with E-state index in [2.05, 4.69) is 17.2 Å². The molecule has 6 rings (SSSR count). The summed E-state index contributed by atoms with van der Waals surface area (Å²) >= 11 is 0. The van der Waals surface area contributed by atoms with E-state index in [9.17, 15) is 43.5 Å². The molecular weight excluding hydrogens is 1010 g/mol. The minimum Gasteiger partial charge on any atom is -0.460 e. The van der Waals surface area contributed by atoms with E-state index in [1.54, 1.807) is 53.7 Å². The lowest BCUT2D eigenvalue weighted by molar-refractivity contribution is -0.156. The van der Waals surface area contributed by atoms with Gasteiger partial charge in [0.2, 0.25) is 11.8 Å². The van der Waals surface area contributed by atoms with Gasteiger partial charge >= 0.3 is 24.1 Å². The molecule has 7 N–H and O–H groups in total. The molecule has 1 unspecified atom stereocenters. The molecule has 6 amide bonds. The van der Waals surface area contributed by atoms with Gasteiger partial charge < -0.3 is 56.0 Å². The number of hydrogen-bond acceptors (Lipinski definition) is 13. The number of ether oxygens (including phenoxy) is 4. The number of hydrogen-bond donors (Lipinski definition) is 5. The van der Waals surface area contributed by atoms with Crippen molar-refractivity contribution >= 4 is 47.8 Å². The summed E-state index contributed by atoms with van der Waals surface area (Å²) in [6, 6.07) is 9.32. The Morgan fingerprint density at radius 3 is 1.42 bits per heavy atom. The van der Waals surface area contributed by atoms with E-state index in [-0.39, 0.29) is 87.0 Å². The molecule has 2 aromatic rings. The Hall–Kier alpha value is -6.50. The molecule has 2 aliphatic carbocycles. The predicted octanol–water partition coefficient (Wildman–Crippen LogP) is 7.87. The first-order valence-electron chi connectivity index (χ1n) is 27.7. The Labute approximate surface area is 466 Å². The summed E-state index contributed by atoms with van der Waals surface area (Å²) in [6.07, 6.45) is 5.33. The number of fused-ring (bicyclic) bond motifs is 2. The van der Waals surface area contributed by atoms with Crippen molar-refractivity contribution in [2.45, 2.75) is 220 Å². The second-order valence-corrected chi connectivity index (χ2v) is 25.7. The van der Waals surface area contributed by atoms with Gasteiger partial charge in [-0.05, 0) is 199 Å². The average molecular weight is 1100 g/mol. The van der Waals surface area contributed by atoms with Crippen LogP contribution in [0.2, 0.25) is 0 Å². The first kappa shape index (κ1) is 63.3. The molecule has 0 bridgehead atoms. The number of aliphatic hydroxyl groups excluding tert-OH is 1. The second kappa shape index (κ2) is 26.2. The van der Waals surface area contributed by atoms with Crippen LogP contribution in [0.25, 0.3) is 0 Å². The molecule has 0 radical (unpaired) electrons. The SMILES string of the molecule is C=C1CC[C@H](NC(=O)OC(C)(C)C)[C@@H](Cc2ccc3c(c2)CN([C@@H](CCC(=O)OC(C)(C)C)C(N)=O)C3=O)C1.CC(C)(C)OC(=O)CC[C@@H](C(N)=O)N1Cc2cc(C[C@H]3CC(CO)CC[C@@H]3NC(=O)OC(C)(C)C)ccc2C1=O. The molecule has 436 valence electrons. The monoisotopic (exact) mass is 1100 g/mol. The number of allylic oxidation sites excluding steroid dienone is 1. The molecule has 4 aliphatic rings. The Balaban J connectivity index is 0.000000291. The number of primary amides is 2. The van der Waals surface area contributed by atoms with E-state index >= 15 is 0 Å². The third-order valence-electron chi connectivity index (χ3n) is 14.2. The number of nitrogens with two attached hydrogens (primary N) is 2. The molecule has 2 saturated carbocycles. The van der Waals surface area contributed by atoms with Gasteiger partial charge in [0, 0.05) is 55.7 Å². The van der Waals surface area contributed by atoms with Gasteiger partial charge in [-0.3, -0.25) is 28.8 Å². The predicted molar refractivity (Wildman–Crippen MR) is 297 cm³/mol. The standard InChI is InChI=1S/C30H45N3O7.C30H43N3O6/c1-29(2,3)39-25(35)12-11-24(26(31)36)33-16-21-14-18(7-9-22(21)27(33)37)13-20-15-19(17-34)8-10-23(20)32-28(38)40-30(4,5)6;1-18-8-11-23(32-28(37)39-30(5,6)7)20(14-18)15-19-9-10-22-21(16-19)17-33(27(22)36)24(26(31)35)12-13-25(34)38-29(2,3)4/h7,9,14,19-20,23-24,34H,8,10-13,15-17H2,1-6H3,(H2,31,36)(H,32,38);9-10,16,20,23-24H,1,8,11-15,17H2,2-7H3,(H2,31,35)(H,32,37)/t19?,20-,23-,24-;20-,23+,24+/m01/s1. The van der Waals surface area contributed by atoms with Crippen LogP contribution in [0.3, 0.4) is 0 Å². The largest absolute Gasteiger partial charge is 0.460 e. The van der Waals surface area contributed by atoms with Crippen LogP contribution >= 0.6 is 0 Å². The molecule has 2 heterocycles. The van der Waals surface area contributed by atoms with Crippen LogP contribution in [0, 0.1) is 17.8 Å². The average Bonchev–Trinajstić information content (AvgIpc) is 3.99. The van der Waals surface area contributed by atoms with E-state index in [4.69, 9.17) is 30.4 Å². The highest BCUT2D eigenvalue weighted by Crippen LogP contribution is 2.36. The smallest absolute Gasteiger partial charge is 0.407 e. The lowest BCUT2D eigenvalue weighted by Gasteiger charge is -2.36. The van der Waals surface area contributed by atoms with Crippen molar-refractivity contribution in [3.05, 3.63) is 81.9 Å². The highest BCUT2D eigenvalue weighted by atomic mass is 16.6. The maximum atomic E-state index is 13.2. The molecule has 0 saturated heterocycles. The van der Waals surface area contributed by atoms with Gasteiger partial charge in [0.05, 0.1) is 0 Å². The summed E-state index contributed by atoms with van der Waals surface area (Å²) in [5, 5.41) is 15.9. The maximum Gasteiger partial charge on any atom is 0.407 e. The molecule has 2 aromatic carbocycles. The van der Waals surface area contributed by atoms with Crippen molar-refractivity contribution in [1.29, 1.82) is 0 Å². The molecule has 7 atom stereocenters. The van der Waals surface area contributed by atoms with Crippen LogP contribution in [-0.2, 0) is 64.1 Å². The number of nitrogens with one attached hydrogen (secondary N) is 2. The molecule has 19 heteroatoms. The zero-order valence-corrected chi connectivity index (χ0v) is 48.7. The summed E-state index contributed by atoms with van der Waals surface area (Å²) in [6.45, 7) is 26.3. The minimum absolute atomic E-state index is 0.0200. The molecule has 0 aromatic heterocycles. The quantitative estimate of drug-likeness (QED) is 0.0574. The van der Waals surface area contributed by atoms with E-state index < -0.39 is 70.4 Å². The Kier molecular flexibility index (Phi) is 21.0. The van der Waals surface area contributed by atoms with Crippen molar-refractivity contribution in [3.63, 3.8) is 0 Å². The van der Waals surface area contributed by atoms with Crippen LogP contribution in [-0.4, -0.2) is 116 Å². The van der Waals surface area contributed by atoms with Gasteiger partial charge in [0.25, 0.3) is 11.8 Å². The Morgan fingerprint density at radius 2 is 1.03 bits per heavy atom. The number of amides is 6. The number of carbonyl (C=O) groups excluding carboxylic acids is 8. The number of carbonyl (C=O) groups is 8. The number of nitrogens with zero attached hydrogens (tertiary/aromatic N) is 2. The zero-order valence-electron chi connectivity index (χ0n) is 48.7. The Bertz CT molecular complexity index is 2590. The summed E-state index contributed by atoms with van der Waals surface area (Å²) in [7, 11) is 0. The van der Waals surface area contributed by atoms with Gasteiger partial charge in [-0.25, -0.2) is 9.59 Å². The lowest BCUT2D eigenvalue weighted by Crippen LogP contribution is -2.46. The van der Waals surface area contributed by atoms with Crippen molar-refractivity contribution < 1.29 is 62.4 Å². The van der Waals surface area contributed by atoms with Crippen molar-refractivity contribution in [2.24, 2.45) is 29.2 Å². The molecular formula is C60H88N6O13. The molecule has 0 spiro atoms. The minimum atomic E-state index is -0.929. The summed E-state index contributed by atoms with van der Waals surface area (Å²) < 4.78 is 21.6. The van der Waals surface area contributed by atoms with Crippen LogP contribution < -0.4 is 22.1 Å². The molecule has 2 fully saturated rings. The fraction of sp³-hybridized carbons (Fsp3) is 0.633. The van der Waals surface area contributed by atoms with Gasteiger partial charge in [-0.2, -0.15) is 0 Å². The number of rotatable bonds is 17. The lowest BCUT2D eigenvalue weighted by atomic mass is 9.75. The van der Waals surface area contributed by atoms with E-state index in [1.807, 2.05) is 65.8 Å². The molecule has 2 aliphatic heterocycles. The van der Waals surface area contributed by atoms with Crippen molar-refractivity contribution in [3.8, 4) is 0 Å². The molecule has 19 nitrogen and oxygen atoms in total. The Morgan fingerprint density at radius 1 is 0.620 bits per heavy atom. The van der Waals surface area contributed by atoms with E-state index in [1.165, 1.54) is 9.80 Å². The second-order valence-electron chi connectivity index (χ2n) is 25.7. The maximum absolute atomic E-state index is 13.2. The van der Waals surface area contributed by atoms with Crippen LogP contribution in [0.4, 0.5) is 9.59 Å². The first-order valence-corrected chi connectivity index (χ1v) is 27.7. The van der Waals surface area contributed by atoms with Crippen LogP contribution in [0.5, 0.6) is 0 Å². The first-order chi connectivity index (χ1) is 36.6. The van der Waals surface area contributed by atoms with Crippen molar-refractivity contribution in [2.75, 3.05) is 6.61 Å². The number of aliphatic hydroxyl groups is 1. The van der Waals surface area contributed by atoms with Crippen LogP contribution in [0.1, 0.15) is 190 Å². The van der Waals surface area contributed by atoms with Gasteiger partial charge in [-0.1, -0.05) is 36.4 Å². The van der Waals surface area contributed by atoms with E-state index in [0.717, 1.165) is 66.4 Å². The number of benzene rings is 2. The third kappa shape index (κ3) is 19.4. The van der Waals surface area contributed by atoms with Gasteiger partial charge in [-0.15, -0.1) is 0 Å². The highest BCUT2D eigenvalue weighted by Gasteiger charge is 2.39. The summed E-state index contributed by atoms with van der Waals surface area (Å²) in [4.78, 5) is 103. The normalized spacial score (nSPS) is 21.1. The summed E-state index contributed by atoms with van der Waals surface area (Å²) in [5.74, 6) is -2.41. The number of esters is 2. The zero-order chi connectivity index (χ0) is 58.9. The summed E-state index contributed by atoms with van der Waals surface area (Å²) in [5.41, 5.74) is 14.7. The van der Waals surface area contributed by atoms with Gasteiger partial charge in [0.1, 0.15) is 34.5 Å². The fourth-order valence-corrected chi connectivity index (χ4v) is 10.8. The van der Waals surface area contributed by atoms with E-state index in [0.29, 0.717) is 24.0 Å². The topological polar surface area (TPSA) is 276 Å².